The van der Waals surface area contributed by atoms with E-state index in [-0.39, 0.29) is 22.4 Å². The van der Waals surface area contributed by atoms with Crippen LogP contribution in [-0.2, 0) is 12.4 Å². The molecule has 0 N–H and O–H groups in total. The highest BCUT2D eigenvalue weighted by molar-refractivity contribution is 5.71. The van der Waals surface area contributed by atoms with E-state index in [1.54, 1.807) is 0 Å². The lowest BCUT2D eigenvalue weighted by Gasteiger charge is -2.14. The van der Waals surface area contributed by atoms with Crippen LogP contribution in [0.5, 0.6) is 0 Å². The monoisotopic (exact) mass is 367 g/mol. The fourth-order valence-electron chi connectivity index (χ4n) is 2.65. The molecule has 0 aliphatic heterocycles. The second-order valence-corrected chi connectivity index (χ2v) is 5.52. The number of hydrogen-bond acceptors (Lipinski definition) is 1. The molecule has 0 bridgehead atoms. The Labute approximate surface area is 144 Å². The van der Waals surface area contributed by atoms with E-state index in [0.717, 1.165) is 18.3 Å². The van der Waals surface area contributed by atoms with Gasteiger partial charge in [-0.1, -0.05) is 42.5 Å². The third-order valence-electron chi connectivity index (χ3n) is 3.82. The van der Waals surface area contributed by atoms with Crippen LogP contribution < -0.4 is 0 Å². The molecule has 3 aromatic rings. The van der Waals surface area contributed by atoms with Gasteiger partial charge in [-0.3, -0.25) is 4.98 Å². The second-order valence-electron chi connectivity index (χ2n) is 5.52. The number of aromatic nitrogens is 1. The Morgan fingerprint density at radius 2 is 1.08 bits per heavy atom. The Balaban J connectivity index is 2.05. The van der Waals surface area contributed by atoms with Crippen molar-refractivity contribution in [2.75, 3.05) is 0 Å². The van der Waals surface area contributed by atoms with Crippen LogP contribution in [0.15, 0.2) is 66.9 Å². The Hall–Kier alpha value is -2.83. The van der Waals surface area contributed by atoms with Crippen LogP contribution in [0.2, 0.25) is 0 Å². The third-order valence-corrected chi connectivity index (χ3v) is 3.82. The van der Waals surface area contributed by atoms with Crippen molar-refractivity contribution in [2.45, 2.75) is 12.4 Å². The zero-order valence-electron chi connectivity index (χ0n) is 13.1. The molecule has 0 saturated heterocycles. The van der Waals surface area contributed by atoms with E-state index in [1.165, 1.54) is 48.5 Å². The smallest absolute Gasteiger partial charge is 0.256 e. The van der Waals surface area contributed by atoms with Gasteiger partial charge in [0.25, 0.3) is 0 Å². The van der Waals surface area contributed by atoms with Crippen molar-refractivity contribution in [3.05, 3.63) is 78.0 Å². The minimum Gasteiger partial charge on any atom is -0.256 e. The number of nitrogens with zero attached hydrogens (tertiary/aromatic N) is 1. The highest BCUT2D eigenvalue weighted by Crippen LogP contribution is 2.38. The van der Waals surface area contributed by atoms with Crippen molar-refractivity contribution in [1.29, 1.82) is 0 Å². The Morgan fingerprint density at radius 3 is 1.58 bits per heavy atom. The molecule has 0 amide bonds. The molecule has 0 fully saturated rings. The van der Waals surface area contributed by atoms with Crippen LogP contribution in [0, 0.1) is 0 Å². The maximum atomic E-state index is 13.1. The largest absolute Gasteiger partial charge is 0.417 e. The zero-order valence-corrected chi connectivity index (χ0v) is 13.1. The van der Waals surface area contributed by atoms with Gasteiger partial charge in [0.2, 0.25) is 0 Å². The summed E-state index contributed by atoms with van der Waals surface area (Å²) in [6.45, 7) is 0. The molecular formula is C19H11F6N. The van der Waals surface area contributed by atoms with Crippen LogP contribution in [0.4, 0.5) is 26.3 Å². The molecule has 0 aliphatic carbocycles. The molecule has 7 heteroatoms. The van der Waals surface area contributed by atoms with Crippen LogP contribution in [0.1, 0.15) is 11.1 Å². The number of pyridine rings is 1. The van der Waals surface area contributed by atoms with Gasteiger partial charge in [0.1, 0.15) is 0 Å². The SMILES string of the molecule is FC(F)(F)c1ccccc1-c1ccc(-c2ccccc2C(F)(F)F)nc1. The molecule has 0 saturated carbocycles. The van der Waals surface area contributed by atoms with E-state index in [0.29, 0.717) is 0 Å². The second kappa shape index (κ2) is 6.48. The predicted molar refractivity (Wildman–Crippen MR) is 85.1 cm³/mol. The van der Waals surface area contributed by atoms with E-state index < -0.39 is 23.5 Å². The quantitative estimate of drug-likeness (QED) is 0.474. The van der Waals surface area contributed by atoms with E-state index in [1.807, 2.05) is 0 Å². The lowest BCUT2D eigenvalue weighted by molar-refractivity contribution is -0.137. The maximum absolute atomic E-state index is 13.1. The topological polar surface area (TPSA) is 12.9 Å². The van der Waals surface area contributed by atoms with Crippen LogP contribution >= 0.6 is 0 Å². The molecule has 1 nitrogen and oxygen atoms in total. The summed E-state index contributed by atoms with van der Waals surface area (Å²) in [5.41, 5.74) is -1.68. The Bertz CT molecular complexity index is 834. The number of alkyl halides is 6. The van der Waals surface area contributed by atoms with Gasteiger partial charge in [-0.25, -0.2) is 0 Å². The first-order valence-electron chi connectivity index (χ1n) is 7.47. The molecule has 134 valence electrons. The molecule has 0 unspecified atom stereocenters. The lowest BCUT2D eigenvalue weighted by atomic mass is 9.99. The van der Waals surface area contributed by atoms with Gasteiger partial charge in [0.15, 0.2) is 0 Å². The maximum Gasteiger partial charge on any atom is 0.417 e. The summed E-state index contributed by atoms with van der Waals surface area (Å²) in [5, 5.41) is 0. The van der Waals surface area contributed by atoms with Crippen LogP contribution in [0.25, 0.3) is 22.4 Å². The molecule has 0 radical (unpaired) electrons. The van der Waals surface area contributed by atoms with Crippen molar-refractivity contribution in [1.82, 2.24) is 4.98 Å². The molecule has 3 rings (SSSR count). The summed E-state index contributed by atoms with van der Waals surface area (Å²) in [7, 11) is 0. The van der Waals surface area contributed by atoms with E-state index in [2.05, 4.69) is 4.98 Å². The molecule has 1 heterocycles. The molecule has 1 aromatic heterocycles. The summed E-state index contributed by atoms with van der Waals surface area (Å²) in [4.78, 5) is 3.96. The minimum absolute atomic E-state index is 0.0335. The molecule has 0 aliphatic rings. The average molecular weight is 367 g/mol. The number of benzene rings is 2. The lowest BCUT2D eigenvalue weighted by Crippen LogP contribution is -2.08. The van der Waals surface area contributed by atoms with Gasteiger partial charge in [0, 0.05) is 17.3 Å². The summed E-state index contributed by atoms with van der Waals surface area (Å²) in [5.74, 6) is 0. The molecule has 0 spiro atoms. The zero-order chi connectivity index (χ0) is 18.9. The van der Waals surface area contributed by atoms with Crippen molar-refractivity contribution in [3.63, 3.8) is 0 Å². The standard InChI is InChI=1S/C19H11F6N/c20-18(21,22)15-7-3-1-5-13(15)12-9-10-17(26-11-12)14-6-2-4-8-16(14)19(23,24)25/h1-11H. The number of hydrogen-bond donors (Lipinski definition) is 0. The van der Waals surface area contributed by atoms with Crippen LogP contribution in [-0.4, -0.2) is 4.98 Å². The van der Waals surface area contributed by atoms with E-state index in [4.69, 9.17) is 0 Å². The molecule has 2 aromatic carbocycles. The number of halogens is 6. The number of rotatable bonds is 2. The van der Waals surface area contributed by atoms with Gasteiger partial charge in [-0.2, -0.15) is 26.3 Å². The fraction of sp³-hybridized carbons (Fsp3) is 0.105. The van der Waals surface area contributed by atoms with E-state index >= 15 is 0 Å². The van der Waals surface area contributed by atoms with Gasteiger partial charge >= 0.3 is 12.4 Å². The van der Waals surface area contributed by atoms with Crippen molar-refractivity contribution in [2.24, 2.45) is 0 Å². The van der Waals surface area contributed by atoms with Crippen molar-refractivity contribution >= 4 is 0 Å². The average Bonchev–Trinajstić information content (AvgIpc) is 2.60. The predicted octanol–water partition coefficient (Wildman–Crippen LogP) is 6.45. The summed E-state index contributed by atoms with van der Waals surface area (Å²) in [6.07, 6.45) is -7.95. The minimum atomic E-state index is -4.56. The fourth-order valence-corrected chi connectivity index (χ4v) is 2.65. The first-order valence-corrected chi connectivity index (χ1v) is 7.47. The van der Waals surface area contributed by atoms with Crippen LogP contribution in [0.3, 0.4) is 0 Å². The molecule has 0 atom stereocenters. The summed E-state index contributed by atoms with van der Waals surface area (Å²) >= 11 is 0. The van der Waals surface area contributed by atoms with E-state index in [9.17, 15) is 26.3 Å². The van der Waals surface area contributed by atoms with Gasteiger partial charge in [0.05, 0.1) is 16.8 Å². The highest BCUT2D eigenvalue weighted by Gasteiger charge is 2.34. The molecular weight excluding hydrogens is 356 g/mol. The summed E-state index contributed by atoms with van der Waals surface area (Å²) < 4.78 is 78.7. The van der Waals surface area contributed by atoms with Crippen molar-refractivity contribution in [3.8, 4) is 22.4 Å². The van der Waals surface area contributed by atoms with Gasteiger partial charge in [-0.15, -0.1) is 0 Å². The van der Waals surface area contributed by atoms with Gasteiger partial charge in [-0.05, 0) is 23.8 Å². The summed E-state index contributed by atoms with van der Waals surface area (Å²) in [6, 6.07) is 12.5. The van der Waals surface area contributed by atoms with Gasteiger partial charge < -0.3 is 0 Å². The molecule has 26 heavy (non-hydrogen) atoms. The third kappa shape index (κ3) is 3.56. The van der Waals surface area contributed by atoms with Crippen molar-refractivity contribution < 1.29 is 26.3 Å². The Kier molecular flexibility index (Phi) is 4.48. The normalized spacial score (nSPS) is 12.2. The first-order chi connectivity index (χ1) is 12.2. The first kappa shape index (κ1) is 18.0. The Morgan fingerprint density at radius 1 is 0.577 bits per heavy atom. The highest BCUT2D eigenvalue weighted by atomic mass is 19.4.